The molecular weight excluding hydrogens is 272 g/mol. The Kier molecular flexibility index (Phi) is 3.15. The molecular formula is C18H18N4. The molecule has 1 aliphatic heterocycles. The molecule has 110 valence electrons. The first kappa shape index (κ1) is 13.1. The Morgan fingerprint density at radius 2 is 1.95 bits per heavy atom. The number of nitrogens with one attached hydrogen (secondary N) is 1. The molecule has 3 heterocycles. The van der Waals surface area contributed by atoms with Gasteiger partial charge in [-0.25, -0.2) is 4.68 Å². The van der Waals surface area contributed by atoms with Crippen molar-refractivity contribution in [2.24, 2.45) is 0 Å². The molecule has 1 N–H and O–H groups in total. The molecule has 1 aromatic carbocycles. The number of pyridine rings is 1. The van der Waals surface area contributed by atoms with Crippen molar-refractivity contribution in [3.63, 3.8) is 0 Å². The predicted octanol–water partition coefficient (Wildman–Crippen LogP) is 3.46. The van der Waals surface area contributed by atoms with Crippen molar-refractivity contribution >= 4 is 5.82 Å². The SMILES string of the molecule is CCc1ccccc1-n1nc(-c2ccncc2)c2c1NCC2. The van der Waals surface area contributed by atoms with Gasteiger partial charge in [-0.05, 0) is 36.6 Å². The van der Waals surface area contributed by atoms with Crippen LogP contribution in [0.4, 0.5) is 5.82 Å². The van der Waals surface area contributed by atoms with E-state index < -0.39 is 0 Å². The lowest BCUT2D eigenvalue weighted by molar-refractivity contribution is 0.866. The summed E-state index contributed by atoms with van der Waals surface area (Å²) in [6.45, 7) is 3.15. The van der Waals surface area contributed by atoms with E-state index in [2.05, 4.69) is 46.2 Å². The minimum Gasteiger partial charge on any atom is -0.369 e. The van der Waals surface area contributed by atoms with Gasteiger partial charge in [-0.2, -0.15) is 5.10 Å². The number of rotatable bonds is 3. The van der Waals surface area contributed by atoms with E-state index in [0.29, 0.717) is 0 Å². The van der Waals surface area contributed by atoms with Gasteiger partial charge in [0.1, 0.15) is 5.82 Å². The van der Waals surface area contributed by atoms with Crippen LogP contribution in [0.25, 0.3) is 16.9 Å². The molecule has 4 rings (SSSR count). The monoisotopic (exact) mass is 290 g/mol. The van der Waals surface area contributed by atoms with Crippen LogP contribution in [-0.4, -0.2) is 21.3 Å². The van der Waals surface area contributed by atoms with E-state index in [1.807, 2.05) is 24.5 Å². The van der Waals surface area contributed by atoms with Gasteiger partial charge in [0, 0.05) is 30.1 Å². The van der Waals surface area contributed by atoms with Crippen LogP contribution in [0.2, 0.25) is 0 Å². The molecule has 0 spiro atoms. The average molecular weight is 290 g/mol. The molecule has 0 bridgehead atoms. The summed E-state index contributed by atoms with van der Waals surface area (Å²) in [7, 11) is 0. The number of benzene rings is 1. The van der Waals surface area contributed by atoms with Gasteiger partial charge in [-0.3, -0.25) is 4.98 Å². The third-order valence-corrected chi connectivity index (χ3v) is 4.21. The molecule has 0 saturated heterocycles. The molecule has 0 aliphatic carbocycles. The standard InChI is InChI=1S/C18H18N4/c1-2-13-5-3-4-6-16(13)22-18-15(9-12-20-18)17(21-22)14-7-10-19-11-8-14/h3-8,10-11,20H,2,9,12H2,1H3. The number of nitrogens with zero attached hydrogens (tertiary/aromatic N) is 3. The highest BCUT2D eigenvalue weighted by Crippen LogP contribution is 2.35. The lowest BCUT2D eigenvalue weighted by Crippen LogP contribution is -2.06. The summed E-state index contributed by atoms with van der Waals surface area (Å²) in [6, 6.07) is 12.5. The van der Waals surface area contributed by atoms with Crippen LogP contribution in [0.5, 0.6) is 0 Å². The molecule has 3 aromatic rings. The quantitative estimate of drug-likeness (QED) is 0.803. The van der Waals surface area contributed by atoms with Gasteiger partial charge in [0.2, 0.25) is 0 Å². The van der Waals surface area contributed by atoms with E-state index in [1.165, 1.54) is 11.1 Å². The number of hydrogen-bond acceptors (Lipinski definition) is 3. The summed E-state index contributed by atoms with van der Waals surface area (Å²) in [6.07, 6.45) is 5.66. The Labute approximate surface area is 129 Å². The van der Waals surface area contributed by atoms with Crippen molar-refractivity contribution in [1.82, 2.24) is 14.8 Å². The Bertz CT molecular complexity index is 805. The van der Waals surface area contributed by atoms with Crippen LogP contribution in [0.15, 0.2) is 48.8 Å². The minimum atomic E-state index is 0.972. The summed E-state index contributed by atoms with van der Waals surface area (Å²) in [5.41, 5.74) is 5.96. The molecule has 2 aromatic heterocycles. The lowest BCUT2D eigenvalue weighted by Gasteiger charge is -2.10. The maximum absolute atomic E-state index is 4.91. The molecule has 1 aliphatic rings. The van der Waals surface area contributed by atoms with E-state index in [9.17, 15) is 0 Å². The second kappa shape index (κ2) is 5.30. The Balaban J connectivity index is 1.92. The van der Waals surface area contributed by atoms with Gasteiger partial charge in [0.25, 0.3) is 0 Å². The van der Waals surface area contributed by atoms with Crippen molar-refractivity contribution in [2.45, 2.75) is 19.8 Å². The molecule has 4 nitrogen and oxygen atoms in total. The zero-order chi connectivity index (χ0) is 14.9. The van der Waals surface area contributed by atoms with Crippen LogP contribution >= 0.6 is 0 Å². The van der Waals surface area contributed by atoms with Crippen LogP contribution in [0.1, 0.15) is 18.1 Å². The number of aryl methyl sites for hydroxylation is 1. The van der Waals surface area contributed by atoms with Gasteiger partial charge in [0.15, 0.2) is 0 Å². The highest BCUT2D eigenvalue weighted by atomic mass is 15.3. The maximum Gasteiger partial charge on any atom is 0.133 e. The number of hydrogen-bond donors (Lipinski definition) is 1. The fourth-order valence-electron chi connectivity index (χ4n) is 3.11. The fraction of sp³-hybridized carbons (Fsp3) is 0.222. The average Bonchev–Trinajstić information content (AvgIpc) is 3.18. The molecule has 22 heavy (non-hydrogen) atoms. The van der Waals surface area contributed by atoms with E-state index >= 15 is 0 Å². The predicted molar refractivity (Wildman–Crippen MR) is 88.4 cm³/mol. The van der Waals surface area contributed by atoms with Crippen LogP contribution in [-0.2, 0) is 12.8 Å². The number of anilines is 1. The summed E-state index contributed by atoms with van der Waals surface area (Å²) < 4.78 is 2.07. The molecule has 0 amide bonds. The highest BCUT2D eigenvalue weighted by Gasteiger charge is 2.24. The minimum absolute atomic E-state index is 0.972. The first-order valence-electron chi connectivity index (χ1n) is 7.73. The van der Waals surface area contributed by atoms with Gasteiger partial charge < -0.3 is 5.32 Å². The molecule has 0 fully saturated rings. The number of aromatic nitrogens is 3. The molecule has 0 radical (unpaired) electrons. The van der Waals surface area contributed by atoms with E-state index in [4.69, 9.17) is 5.10 Å². The van der Waals surface area contributed by atoms with Gasteiger partial charge in [0.05, 0.1) is 11.4 Å². The molecule has 0 atom stereocenters. The zero-order valence-corrected chi connectivity index (χ0v) is 12.6. The van der Waals surface area contributed by atoms with E-state index in [0.717, 1.165) is 42.1 Å². The molecule has 0 unspecified atom stereocenters. The first-order valence-corrected chi connectivity index (χ1v) is 7.73. The highest BCUT2D eigenvalue weighted by molar-refractivity contribution is 5.72. The van der Waals surface area contributed by atoms with Gasteiger partial charge >= 0.3 is 0 Å². The molecule has 4 heteroatoms. The van der Waals surface area contributed by atoms with Crippen LogP contribution in [0.3, 0.4) is 0 Å². The Morgan fingerprint density at radius 1 is 1.14 bits per heavy atom. The normalized spacial score (nSPS) is 13.0. The smallest absolute Gasteiger partial charge is 0.133 e. The second-order valence-electron chi connectivity index (χ2n) is 5.48. The van der Waals surface area contributed by atoms with Crippen LogP contribution < -0.4 is 5.32 Å². The van der Waals surface area contributed by atoms with Crippen molar-refractivity contribution in [3.05, 3.63) is 59.9 Å². The van der Waals surface area contributed by atoms with E-state index in [-0.39, 0.29) is 0 Å². The number of fused-ring (bicyclic) bond motifs is 1. The summed E-state index contributed by atoms with van der Waals surface area (Å²) in [5.74, 6) is 1.13. The van der Waals surface area contributed by atoms with Gasteiger partial charge in [-0.15, -0.1) is 0 Å². The molecule has 0 saturated carbocycles. The largest absolute Gasteiger partial charge is 0.369 e. The Morgan fingerprint density at radius 3 is 2.77 bits per heavy atom. The summed E-state index contributed by atoms with van der Waals surface area (Å²) in [4.78, 5) is 4.11. The van der Waals surface area contributed by atoms with Crippen molar-refractivity contribution in [2.75, 3.05) is 11.9 Å². The first-order chi connectivity index (χ1) is 10.9. The fourth-order valence-corrected chi connectivity index (χ4v) is 3.11. The number of para-hydroxylation sites is 1. The van der Waals surface area contributed by atoms with Crippen molar-refractivity contribution in [1.29, 1.82) is 0 Å². The Hall–Kier alpha value is -2.62. The van der Waals surface area contributed by atoms with E-state index in [1.54, 1.807) is 0 Å². The topological polar surface area (TPSA) is 42.7 Å². The summed E-state index contributed by atoms with van der Waals surface area (Å²) >= 11 is 0. The zero-order valence-electron chi connectivity index (χ0n) is 12.6. The van der Waals surface area contributed by atoms with Gasteiger partial charge in [-0.1, -0.05) is 25.1 Å². The summed E-state index contributed by atoms with van der Waals surface area (Å²) in [5, 5.41) is 8.40. The van der Waals surface area contributed by atoms with Crippen LogP contribution in [0, 0.1) is 0 Å². The maximum atomic E-state index is 4.91. The third kappa shape index (κ3) is 1.99. The second-order valence-corrected chi connectivity index (χ2v) is 5.48. The van der Waals surface area contributed by atoms with Crippen molar-refractivity contribution in [3.8, 4) is 16.9 Å². The van der Waals surface area contributed by atoms with Crippen molar-refractivity contribution < 1.29 is 0 Å². The third-order valence-electron chi connectivity index (χ3n) is 4.21. The lowest BCUT2D eigenvalue weighted by atomic mass is 10.1.